The highest BCUT2D eigenvalue weighted by Crippen LogP contribution is 2.11. The lowest BCUT2D eigenvalue weighted by molar-refractivity contribution is -0.128. The molecule has 0 aliphatic rings. The van der Waals surface area contributed by atoms with E-state index in [1.54, 1.807) is 24.3 Å². The van der Waals surface area contributed by atoms with Crippen molar-refractivity contribution >= 4 is 35.3 Å². The molecular formula is C22H27Cl2N6O3-. The van der Waals surface area contributed by atoms with Gasteiger partial charge in [-0.2, -0.15) is 0 Å². The van der Waals surface area contributed by atoms with Gasteiger partial charge in [0, 0.05) is 23.6 Å². The van der Waals surface area contributed by atoms with Crippen LogP contribution in [-0.2, 0) is 16.0 Å². The zero-order valence-corrected chi connectivity index (χ0v) is 19.4. The molecule has 0 aliphatic carbocycles. The number of nitrogens with two attached hydrogens (primary N) is 3. The number of halogens is 2. The van der Waals surface area contributed by atoms with E-state index in [0.29, 0.717) is 17.0 Å². The first kappa shape index (κ1) is 27.7. The molecule has 0 aromatic heterocycles. The first-order chi connectivity index (χ1) is 15.3. The molecule has 0 bridgehead atoms. The fourth-order valence-electron chi connectivity index (χ4n) is 2.96. The molecule has 2 atom stereocenters. The number of nitrogens with zero attached hydrogens (tertiary/aromatic N) is 1. The van der Waals surface area contributed by atoms with Crippen molar-refractivity contribution in [2.75, 3.05) is 6.54 Å². The number of hydrogen-bond donors (Lipinski definition) is 5. The smallest absolute Gasteiger partial charge is 0.251 e. The quantitative estimate of drug-likeness (QED) is 0.135. The second-order valence-corrected chi connectivity index (χ2v) is 7.57. The van der Waals surface area contributed by atoms with Crippen LogP contribution >= 0.6 is 11.6 Å². The molecule has 33 heavy (non-hydrogen) atoms. The van der Waals surface area contributed by atoms with Gasteiger partial charge in [0.05, 0.1) is 0 Å². The number of carbonyl (C=O) groups excluding carboxylic acids is 3. The zero-order chi connectivity index (χ0) is 23.5. The molecule has 3 amide bonds. The van der Waals surface area contributed by atoms with Crippen LogP contribution in [0.3, 0.4) is 0 Å². The summed E-state index contributed by atoms with van der Waals surface area (Å²) in [5.41, 5.74) is 17.3. The lowest BCUT2D eigenvalue weighted by Crippen LogP contribution is -3.00. The lowest BCUT2D eigenvalue weighted by atomic mass is 10.0. The van der Waals surface area contributed by atoms with Crippen LogP contribution in [-0.4, -0.2) is 42.3 Å². The van der Waals surface area contributed by atoms with Crippen LogP contribution in [0.25, 0.3) is 0 Å². The fraction of sp³-hybridized carbons (Fsp3) is 0.273. The number of nitrogens with one attached hydrogen (secondary N) is 2. The number of carbonyl (C=O) groups is 3. The van der Waals surface area contributed by atoms with Gasteiger partial charge in [-0.05, 0) is 42.7 Å². The Bertz CT molecular complexity index is 950. The predicted molar refractivity (Wildman–Crippen MR) is 124 cm³/mol. The Morgan fingerprint density at radius 2 is 1.55 bits per heavy atom. The van der Waals surface area contributed by atoms with E-state index in [4.69, 9.17) is 28.8 Å². The standard InChI is InChI=1S/C22H27ClN6O3.ClH/c23-16-10-8-15(9-11-16)20(31)28-17(7-4-12-27-22(25)26)21(32)29-18(19(24)30)13-14-5-2-1-3-6-14;/h1-3,5-6,8-11,17-18H,4,7,12-13H2,(H2,24,30)(H,28,31)(H,29,32)(H4,25,26,27);1H/p-1/t17-,18+;/m0./s1. The molecule has 0 saturated carbocycles. The Hall–Kier alpha value is -3.30. The van der Waals surface area contributed by atoms with Crippen LogP contribution in [0.2, 0.25) is 5.02 Å². The van der Waals surface area contributed by atoms with Crippen molar-refractivity contribution in [3.8, 4) is 0 Å². The molecule has 0 saturated heterocycles. The van der Waals surface area contributed by atoms with Gasteiger partial charge >= 0.3 is 0 Å². The third kappa shape index (κ3) is 9.80. The van der Waals surface area contributed by atoms with E-state index in [-0.39, 0.29) is 37.8 Å². The molecular weight excluding hydrogens is 467 g/mol. The van der Waals surface area contributed by atoms with Crippen LogP contribution < -0.4 is 40.2 Å². The highest BCUT2D eigenvalue weighted by molar-refractivity contribution is 6.30. The van der Waals surface area contributed by atoms with Gasteiger partial charge in [-0.1, -0.05) is 41.9 Å². The summed E-state index contributed by atoms with van der Waals surface area (Å²) in [6.07, 6.45) is 0.906. The Morgan fingerprint density at radius 3 is 2.12 bits per heavy atom. The monoisotopic (exact) mass is 493 g/mol. The van der Waals surface area contributed by atoms with Crippen LogP contribution in [0, 0.1) is 0 Å². The molecule has 2 aromatic rings. The molecule has 0 heterocycles. The third-order valence-corrected chi connectivity index (χ3v) is 4.87. The Morgan fingerprint density at radius 1 is 0.909 bits per heavy atom. The summed E-state index contributed by atoms with van der Waals surface area (Å²) in [4.78, 5) is 41.4. The summed E-state index contributed by atoms with van der Waals surface area (Å²) in [5.74, 6) is -1.72. The average Bonchev–Trinajstić information content (AvgIpc) is 2.76. The molecule has 11 heteroatoms. The minimum Gasteiger partial charge on any atom is -1.00 e. The van der Waals surface area contributed by atoms with E-state index in [0.717, 1.165) is 5.56 Å². The molecule has 0 fully saturated rings. The molecule has 0 unspecified atom stereocenters. The zero-order valence-electron chi connectivity index (χ0n) is 17.8. The molecule has 2 rings (SSSR count). The van der Waals surface area contributed by atoms with Gasteiger partial charge in [0.2, 0.25) is 11.8 Å². The second kappa shape index (κ2) is 14.0. The summed E-state index contributed by atoms with van der Waals surface area (Å²) in [6, 6.07) is 13.6. The number of hydrogen-bond acceptors (Lipinski definition) is 4. The van der Waals surface area contributed by atoms with Crippen LogP contribution in [0.15, 0.2) is 59.6 Å². The molecule has 9 nitrogen and oxygen atoms in total. The molecule has 8 N–H and O–H groups in total. The fourth-order valence-corrected chi connectivity index (χ4v) is 3.09. The molecule has 2 aromatic carbocycles. The number of amides is 3. The topological polar surface area (TPSA) is 166 Å². The van der Waals surface area contributed by atoms with Gasteiger partial charge in [0.1, 0.15) is 12.1 Å². The number of aliphatic imine (C=N–C) groups is 1. The van der Waals surface area contributed by atoms with Crippen molar-refractivity contribution in [2.45, 2.75) is 31.3 Å². The van der Waals surface area contributed by atoms with Crippen molar-refractivity contribution < 1.29 is 26.8 Å². The van der Waals surface area contributed by atoms with Gasteiger partial charge in [0.25, 0.3) is 5.91 Å². The van der Waals surface area contributed by atoms with E-state index in [1.165, 1.54) is 0 Å². The van der Waals surface area contributed by atoms with Crippen molar-refractivity contribution in [1.29, 1.82) is 0 Å². The Kier molecular flexibility index (Phi) is 11.7. The van der Waals surface area contributed by atoms with Gasteiger partial charge in [-0.3, -0.25) is 19.4 Å². The molecule has 0 radical (unpaired) electrons. The maximum atomic E-state index is 13.0. The Balaban J connectivity index is 0.00000544. The van der Waals surface area contributed by atoms with E-state index >= 15 is 0 Å². The summed E-state index contributed by atoms with van der Waals surface area (Å²) in [7, 11) is 0. The SMILES string of the molecule is NC(=O)[C@@H](Cc1ccccc1)NC(=O)[C@H](CCCN=C(N)N)NC(=O)c1ccc(Cl)cc1.[Cl-]. The first-order valence-corrected chi connectivity index (χ1v) is 10.4. The summed E-state index contributed by atoms with van der Waals surface area (Å²) >= 11 is 5.86. The van der Waals surface area contributed by atoms with Crippen molar-refractivity contribution in [3.05, 3.63) is 70.7 Å². The van der Waals surface area contributed by atoms with Crippen LogP contribution in [0.4, 0.5) is 0 Å². The van der Waals surface area contributed by atoms with Gasteiger partial charge in [-0.15, -0.1) is 0 Å². The normalized spacial score (nSPS) is 11.9. The maximum Gasteiger partial charge on any atom is 0.251 e. The van der Waals surface area contributed by atoms with E-state index in [9.17, 15) is 14.4 Å². The minimum absolute atomic E-state index is 0. The van der Waals surface area contributed by atoms with E-state index in [2.05, 4.69) is 15.6 Å². The predicted octanol–water partition coefficient (Wildman–Crippen LogP) is -2.29. The maximum absolute atomic E-state index is 13.0. The molecule has 0 aliphatic heterocycles. The molecule has 0 spiro atoms. The molecule has 178 valence electrons. The van der Waals surface area contributed by atoms with Crippen LogP contribution in [0.5, 0.6) is 0 Å². The number of benzene rings is 2. The number of guanidine groups is 1. The van der Waals surface area contributed by atoms with Crippen LogP contribution in [0.1, 0.15) is 28.8 Å². The minimum atomic E-state index is -0.933. The van der Waals surface area contributed by atoms with E-state index < -0.39 is 29.8 Å². The first-order valence-electron chi connectivity index (χ1n) is 10.0. The largest absolute Gasteiger partial charge is 1.00 e. The summed E-state index contributed by atoms with van der Waals surface area (Å²) in [5, 5.41) is 5.82. The van der Waals surface area contributed by atoms with Crippen molar-refractivity contribution in [1.82, 2.24) is 10.6 Å². The van der Waals surface area contributed by atoms with Crippen molar-refractivity contribution in [3.63, 3.8) is 0 Å². The highest BCUT2D eigenvalue weighted by Gasteiger charge is 2.26. The lowest BCUT2D eigenvalue weighted by Gasteiger charge is -2.22. The third-order valence-electron chi connectivity index (χ3n) is 4.62. The number of primary amides is 1. The highest BCUT2D eigenvalue weighted by atomic mass is 35.5. The van der Waals surface area contributed by atoms with E-state index in [1.807, 2.05) is 30.3 Å². The van der Waals surface area contributed by atoms with Gasteiger partial charge in [-0.25, -0.2) is 0 Å². The van der Waals surface area contributed by atoms with Gasteiger partial charge < -0.3 is 40.2 Å². The second-order valence-electron chi connectivity index (χ2n) is 7.14. The Labute approximate surface area is 203 Å². The summed E-state index contributed by atoms with van der Waals surface area (Å²) < 4.78 is 0. The average molecular weight is 494 g/mol. The van der Waals surface area contributed by atoms with Crippen molar-refractivity contribution in [2.24, 2.45) is 22.2 Å². The number of rotatable bonds is 11. The summed E-state index contributed by atoms with van der Waals surface area (Å²) in [6.45, 7) is 0.284. The van der Waals surface area contributed by atoms with Gasteiger partial charge in [0.15, 0.2) is 5.96 Å².